The van der Waals surface area contributed by atoms with E-state index >= 15 is 0 Å². The largest absolute Gasteiger partial charge is 0.573 e. The second-order valence-electron chi connectivity index (χ2n) is 3.44. The van der Waals surface area contributed by atoms with E-state index in [2.05, 4.69) is 10.8 Å². The highest BCUT2D eigenvalue weighted by molar-refractivity contribution is 5.80. The van der Waals surface area contributed by atoms with Crippen molar-refractivity contribution in [2.45, 2.75) is 6.36 Å². The molecule has 6 heteroatoms. The standard InChI is InChI=1S/C11H7F3NO2/c1-15-5-4-10(16)8-3-2-7(6-9(8)15)17-11(12,13)14/h2-3,5-6H,1H3. The number of pyridine rings is 1. The maximum absolute atomic E-state index is 12.0. The van der Waals surface area contributed by atoms with Gasteiger partial charge in [0.2, 0.25) is 0 Å². The highest BCUT2D eigenvalue weighted by atomic mass is 19.4. The highest BCUT2D eigenvalue weighted by Gasteiger charge is 2.31. The van der Waals surface area contributed by atoms with Gasteiger partial charge in [0.25, 0.3) is 0 Å². The summed E-state index contributed by atoms with van der Waals surface area (Å²) in [6.45, 7) is 0. The highest BCUT2D eigenvalue weighted by Crippen LogP contribution is 2.25. The number of benzene rings is 1. The number of nitrogens with zero attached hydrogens (tertiary/aromatic N) is 1. The summed E-state index contributed by atoms with van der Waals surface area (Å²) >= 11 is 0. The van der Waals surface area contributed by atoms with Crippen LogP contribution in [0.5, 0.6) is 5.75 Å². The van der Waals surface area contributed by atoms with Crippen molar-refractivity contribution >= 4 is 10.9 Å². The Morgan fingerprint density at radius 1 is 1.35 bits per heavy atom. The predicted octanol–water partition coefficient (Wildman–Crippen LogP) is 2.24. The Labute approximate surface area is 94.0 Å². The van der Waals surface area contributed by atoms with Crippen LogP contribution in [0.15, 0.2) is 29.2 Å². The van der Waals surface area contributed by atoms with E-state index in [9.17, 15) is 18.0 Å². The molecule has 2 rings (SSSR count). The van der Waals surface area contributed by atoms with Crippen LogP contribution in [0.1, 0.15) is 0 Å². The van der Waals surface area contributed by atoms with Gasteiger partial charge in [0, 0.05) is 24.7 Å². The van der Waals surface area contributed by atoms with Gasteiger partial charge in [0.15, 0.2) is 5.43 Å². The molecule has 89 valence electrons. The lowest BCUT2D eigenvalue weighted by molar-refractivity contribution is -0.274. The molecule has 1 heterocycles. The Balaban J connectivity index is 2.58. The average molecular weight is 242 g/mol. The third-order valence-corrected chi connectivity index (χ3v) is 2.22. The zero-order valence-corrected chi connectivity index (χ0v) is 8.71. The quantitative estimate of drug-likeness (QED) is 0.767. The number of hydrogen-bond donors (Lipinski definition) is 0. The zero-order chi connectivity index (χ0) is 12.6. The van der Waals surface area contributed by atoms with Crippen LogP contribution in [0.4, 0.5) is 13.2 Å². The van der Waals surface area contributed by atoms with E-state index < -0.39 is 6.36 Å². The average Bonchev–Trinajstić information content (AvgIpc) is 2.21. The van der Waals surface area contributed by atoms with Crippen LogP contribution in [0.25, 0.3) is 10.9 Å². The fourth-order valence-corrected chi connectivity index (χ4v) is 1.50. The van der Waals surface area contributed by atoms with Crippen LogP contribution in [0, 0.1) is 6.07 Å². The van der Waals surface area contributed by atoms with Gasteiger partial charge in [0.1, 0.15) is 5.75 Å². The fraction of sp³-hybridized carbons (Fsp3) is 0.182. The van der Waals surface area contributed by atoms with E-state index in [0.717, 1.165) is 12.1 Å². The van der Waals surface area contributed by atoms with Crippen LogP contribution >= 0.6 is 0 Å². The molecule has 0 saturated carbocycles. The van der Waals surface area contributed by atoms with E-state index in [1.54, 1.807) is 7.05 Å². The molecular weight excluding hydrogens is 235 g/mol. The summed E-state index contributed by atoms with van der Waals surface area (Å²) in [5.74, 6) is -0.355. The molecule has 0 bridgehead atoms. The minimum absolute atomic E-state index is 0.296. The van der Waals surface area contributed by atoms with Gasteiger partial charge in [-0.2, -0.15) is 0 Å². The van der Waals surface area contributed by atoms with E-state index in [-0.39, 0.29) is 11.2 Å². The summed E-state index contributed by atoms with van der Waals surface area (Å²) in [4.78, 5) is 11.4. The number of ether oxygens (including phenoxy) is 1. The Hall–Kier alpha value is -1.98. The molecule has 1 aromatic heterocycles. The Bertz CT molecular complexity index is 616. The minimum atomic E-state index is -4.74. The molecular formula is C11H7F3NO2. The van der Waals surface area contributed by atoms with Crippen molar-refractivity contribution in [3.63, 3.8) is 0 Å². The molecule has 0 aliphatic heterocycles. The van der Waals surface area contributed by atoms with Crippen molar-refractivity contribution < 1.29 is 17.9 Å². The third kappa shape index (κ3) is 2.41. The lowest BCUT2D eigenvalue weighted by atomic mass is 10.2. The molecule has 0 aliphatic rings. The van der Waals surface area contributed by atoms with Crippen molar-refractivity contribution in [3.05, 3.63) is 40.7 Å². The van der Waals surface area contributed by atoms with E-state index in [0.29, 0.717) is 10.9 Å². The van der Waals surface area contributed by atoms with Gasteiger partial charge < -0.3 is 9.30 Å². The SMILES string of the molecule is Cn1c[c]c(=O)c2ccc(OC(F)(F)F)cc21. The molecule has 1 aromatic carbocycles. The number of aromatic nitrogens is 1. The van der Waals surface area contributed by atoms with Crippen LogP contribution in [0.3, 0.4) is 0 Å². The van der Waals surface area contributed by atoms with Gasteiger partial charge in [0.05, 0.1) is 11.6 Å². The van der Waals surface area contributed by atoms with Gasteiger partial charge in [-0.15, -0.1) is 13.2 Å². The number of rotatable bonds is 1. The summed E-state index contributed by atoms with van der Waals surface area (Å²) in [5, 5.41) is 0.296. The fourth-order valence-electron chi connectivity index (χ4n) is 1.50. The van der Waals surface area contributed by atoms with Crippen LogP contribution in [-0.4, -0.2) is 10.9 Å². The first kappa shape index (κ1) is 11.5. The number of halogens is 3. The Morgan fingerprint density at radius 2 is 2.06 bits per heavy atom. The van der Waals surface area contributed by atoms with Crippen LogP contribution < -0.4 is 10.2 Å². The smallest absolute Gasteiger partial charge is 0.406 e. The molecule has 0 spiro atoms. The van der Waals surface area contributed by atoms with Gasteiger partial charge in [-0.3, -0.25) is 4.79 Å². The molecule has 0 fully saturated rings. The number of alkyl halides is 3. The summed E-state index contributed by atoms with van der Waals surface area (Å²) in [6, 6.07) is 6.01. The molecule has 17 heavy (non-hydrogen) atoms. The van der Waals surface area contributed by atoms with E-state index in [1.165, 1.54) is 16.8 Å². The number of fused-ring (bicyclic) bond motifs is 1. The van der Waals surface area contributed by atoms with Gasteiger partial charge in [-0.05, 0) is 12.1 Å². The second-order valence-corrected chi connectivity index (χ2v) is 3.44. The van der Waals surface area contributed by atoms with Crippen molar-refractivity contribution in [3.8, 4) is 5.75 Å². The number of hydrogen-bond acceptors (Lipinski definition) is 2. The van der Waals surface area contributed by atoms with Crippen LogP contribution in [0.2, 0.25) is 0 Å². The molecule has 0 N–H and O–H groups in total. The summed E-state index contributed by atoms with van der Waals surface area (Å²) in [6.07, 6.45) is -3.38. The molecule has 0 aliphatic carbocycles. The lowest BCUT2D eigenvalue weighted by Crippen LogP contribution is -2.17. The molecule has 0 saturated heterocycles. The Kier molecular flexibility index (Phi) is 2.57. The molecule has 2 aromatic rings. The first-order chi connectivity index (χ1) is 7.87. The Morgan fingerprint density at radius 3 is 2.71 bits per heavy atom. The molecule has 0 unspecified atom stereocenters. The first-order valence-corrected chi connectivity index (χ1v) is 4.64. The summed E-state index contributed by atoms with van der Waals surface area (Å²) in [5.41, 5.74) is -0.00726. The van der Waals surface area contributed by atoms with Crippen molar-refractivity contribution in [1.82, 2.24) is 4.57 Å². The van der Waals surface area contributed by atoms with Gasteiger partial charge in [-0.1, -0.05) is 0 Å². The minimum Gasteiger partial charge on any atom is -0.406 e. The summed E-state index contributed by atoms with van der Waals surface area (Å²) < 4.78 is 41.4. The van der Waals surface area contributed by atoms with Crippen molar-refractivity contribution in [1.29, 1.82) is 0 Å². The topological polar surface area (TPSA) is 31.2 Å². The first-order valence-electron chi connectivity index (χ1n) is 4.64. The molecule has 1 radical (unpaired) electrons. The maximum Gasteiger partial charge on any atom is 0.573 e. The molecule has 0 atom stereocenters. The van der Waals surface area contributed by atoms with E-state index in [1.807, 2.05) is 0 Å². The lowest BCUT2D eigenvalue weighted by Gasteiger charge is -2.10. The van der Waals surface area contributed by atoms with Crippen molar-refractivity contribution in [2.75, 3.05) is 0 Å². The zero-order valence-electron chi connectivity index (χ0n) is 8.71. The van der Waals surface area contributed by atoms with Crippen molar-refractivity contribution in [2.24, 2.45) is 7.05 Å². The normalized spacial score (nSPS) is 11.8. The summed E-state index contributed by atoms with van der Waals surface area (Å²) in [7, 11) is 1.61. The van der Waals surface area contributed by atoms with E-state index in [4.69, 9.17) is 0 Å². The monoisotopic (exact) mass is 242 g/mol. The van der Waals surface area contributed by atoms with Gasteiger partial charge >= 0.3 is 6.36 Å². The molecule has 0 amide bonds. The van der Waals surface area contributed by atoms with Gasteiger partial charge in [-0.25, -0.2) is 0 Å². The second kappa shape index (κ2) is 3.80. The maximum atomic E-state index is 12.0. The van der Waals surface area contributed by atoms with Crippen LogP contribution in [-0.2, 0) is 7.05 Å². The third-order valence-electron chi connectivity index (χ3n) is 2.22. The number of aryl methyl sites for hydroxylation is 1. The molecule has 3 nitrogen and oxygen atoms in total. The predicted molar refractivity (Wildman–Crippen MR) is 54.7 cm³/mol.